The zero-order valence-corrected chi connectivity index (χ0v) is 19.7. The van der Waals surface area contributed by atoms with Crippen molar-refractivity contribution < 1.29 is 14.3 Å². The number of carbonyl (C=O) groups excluding carboxylic acids is 2. The van der Waals surface area contributed by atoms with E-state index in [1.54, 1.807) is 12.0 Å². The number of methoxy groups -OCH3 is 1. The standard InChI is InChI=1S/C26H36N2O3/c1-7-20(5)27-26(30)24(8-2)28(17-21-11-13-23(31-6)14-12-21)25(29)16-22-10-9-18(3)19(4)15-22/h9-15,20,24H,7-8,16-17H2,1-6H3,(H,27,30). The van der Waals surface area contributed by atoms with Crippen LogP contribution in [0.2, 0.25) is 0 Å². The number of nitrogens with one attached hydrogen (secondary N) is 1. The monoisotopic (exact) mass is 424 g/mol. The van der Waals surface area contributed by atoms with E-state index in [-0.39, 0.29) is 24.3 Å². The van der Waals surface area contributed by atoms with Gasteiger partial charge in [-0.05, 0) is 68.0 Å². The van der Waals surface area contributed by atoms with Gasteiger partial charge in [-0.25, -0.2) is 0 Å². The highest BCUT2D eigenvalue weighted by Crippen LogP contribution is 2.18. The summed E-state index contributed by atoms with van der Waals surface area (Å²) in [5.41, 5.74) is 4.29. The fraction of sp³-hybridized carbons (Fsp3) is 0.462. The second-order valence-corrected chi connectivity index (χ2v) is 8.21. The molecule has 0 bridgehead atoms. The average Bonchev–Trinajstić information content (AvgIpc) is 2.76. The molecule has 0 aliphatic carbocycles. The number of benzene rings is 2. The molecule has 2 atom stereocenters. The summed E-state index contributed by atoms with van der Waals surface area (Å²) in [6.07, 6.45) is 1.67. The van der Waals surface area contributed by atoms with Crippen LogP contribution >= 0.6 is 0 Å². The van der Waals surface area contributed by atoms with Gasteiger partial charge in [-0.1, -0.05) is 44.2 Å². The van der Waals surface area contributed by atoms with Gasteiger partial charge in [-0.15, -0.1) is 0 Å². The molecule has 2 unspecified atom stereocenters. The summed E-state index contributed by atoms with van der Waals surface area (Å²) in [5.74, 6) is 0.613. The van der Waals surface area contributed by atoms with Gasteiger partial charge in [0.1, 0.15) is 11.8 Å². The number of aryl methyl sites for hydroxylation is 2. The van der Waals surface area contributed by atoms with Gasteiger partial charge >= 0.3 is 0 Å². The Bertz CT molecular complexity index is 877. The zero-order valence-electron chi connectivity index (χ0n) is 19.7. The first-order valence-corrected chi connectivity index (χ1v) is 11.1. The molecule has 0 aliphatic rings. The number of ether oxygens (including phenoxy) is 1. The Balaban J connectivity index is 2.30. The molecular weight excluding hydrogens is 388 g/mol. The summed E-state index contributed by atoms with van der Waals surface area (Å²) >= 11 is 0. The third-order valence-corrected chi connectivity index (χ3v) is 5.83. The Labute approximate surface area is 186 Å². The van der Waals surface area contributed by atoms with E-state index in [1.807, 2.05) is 64.1 Å². The molecule has 0 spiro atoms. The number of amides is 2. The molecule has 0 saturated carbocycles. The van der Waals surface area contributed by atoms with Crippen molar-refractivity contribution in [2.75, 3.05) is 7.11 Å². The van der Waals surface area contributed by atoms with E-state index in [2.05, 4.69) is 18.3 Å². The predicted molar refractivity (Wildman–Crippen MR) is 125 cm³/mol. The molecule has 0 aromatic heterocycles. The van der Waals surface area contributed by atoms with Crippen molar-refractivity contribution >= 4 is 11.8 Å². The third kappa shape index (κ3) is 6.84. The van der Waals surface area contributed by atoms with Gasteiger partial charge in [0.05, 0.1) is 13.5 Å². The molecule has 1 N–H and O–H groups in total. The lowest BCUT2D eigenvalue weighted by molar-refractivity contribution is -0.141. The van der Waals surface area contributed by atoms with E-state index in [0.29, 0.717) is 13.0 Å². The van der Waals surface area contributed by atoms with E-state index in [4.69, 9.17) is 4.74 Å². The summed E-state index contributed by atoms with van der Waals surface area (Å²) in [6, 6.07) is 13.3. The van der Waals surface area contributed by atoms with Gasteiger partial charge in [-0.3, -0.25) is 9.59 Å². The highest BCUT2D eigenvalue weighted by Gasteiger charge is 2.29. The van der Waals surface area contributed by atoms with Crippen LogP contribution < -0.4 is 10.1 Å². The number of nitrogens with zero attached hydrogens (tertiary/aromatic N) is 1. The van der Waals surface area contributed by atoms with Gasteiger partial charge < -0.3 is 15.0 Å². The van der Waals surface area contributed by atoms with Gasteiger partial charge in [0, 0.05) is 12.6 Å². The molecule has 2 aromatic carbocycles. The molecule has 5 nitrogen and oxygen atoms in total. The van der Waals surface area contributed by atoms with Crippen LogP contribution in [0.25, 0.3) is 0 Å². The Hall–Kier alpha value is -2.82. The minimum absolute atomic E-state index is 0.0507. The van der Waals surface area contributed by atoms with Gasteiger partial charge in [-0.2, -0.15) is 0 Å². The molecule has 0 radical (unpaired) electrons. The first-order valence-electron chi connectivity index (χ1n) is 11.1. The lowest BCUT2D eigenvalue weighted by atomic mass is 10.0. The molecule has 0 saturated heterocycles. The molecule has 5 heteroatoms. The summed E-state index contributed by atoms with van der Waals surface area (Å²) in [5, 5.41) is 3.05. The predicted octanol–water partition coefficient (Wildman–Crippen LogP) is 4.58. The maximum absolute atomic E-state index is 13.4. The number of rotatable bonds is 10. The van der Waals surface area contributed by atoms with E-state index < -0.39 is 6.04 Å². The molecule has 2 rings (SSSR count). The highest BCUT2D eigenvalue weighted by atomic mass is 16.5. The van der Waals surface area contributed by atoms with E-state index >= 15 is 0 Å². The zero-order chi connectivity index (χ0) is 23.0. The topological polar surface area (TPSA) is 58.6 Å². The Kier molecular flexibility index (Phi) is 9.10. The molecule has 0 heterocycles. The van der Waals surface area contributed by atoms with Crippen molar-refractivity contribution in [1.82, 2.24) is 10.2 Å². The average molecular weight is 425 g/mol. The highest BCUT2D eigenvalue weighted by molar-refractivity contribution is 5.88. The second kappa shape index (κ2) is 11.5. The van der Waals surface area contributed by atoms with Crippen molar-refractivity contribution in [3.63, 3.8) is 0 Å². The quantitative estimate of drug-likeness (QED) is 0.607. The first-order chi connectivity index (χ1) is 14.8. The lowest BCUT2D eigenvalue weighted by Crippen LogP contribution is -2.51. The van der Waals surface area contributed by atoms with Crippen LogP contribution in [-0.2, 0) is 22.6 Å². The van der Waals surface area contributed by atoms with Crippen molar-refractivity contribution in [2.45, 2.75) is 72.5 Å². The number of carbonyl (C=O) groups is 2. The summed E-state index contributed by atoms with van der Waals surface area (Å²) < 4.78 is 5.24. The van der Waals surface area contributed by atoms with Gasteiger partial charge in [0.15, 0.2) is 0 Å². The maximum Gasteiger partial charge on any atom is 0.243 e. The van der Waals surface area contributed by atoms with E-state index in [0.717, 1.165) is 28.9 Å². The van der Waals surface area contributed by atoms with Crippen LogP contribution in [0.5, 0.6) is 5.75 Å². The molecule has 168 valence electrons. The Morgan fingerprint density at radius 2 is 1.61 bits per heavy atom. The molecule has 31 heavy (non-hydrogen) atoms. The summed E-state index contributed by atoms with van der Waals surface area (Å²) in [7, 11) is 1.63. The summed E-state index contributed by atoms with van der Waals surface area (Å²) in [6.45, 7) is 10.4. The van der Waals surface area contributed by atoms with Crippen LogP contribution in [0.3, 0.4) is 0 Å². The van der Waals surface area contributed by atoms with E-state index in [9.17, 15) is 9.59 Å². The molecule has 2 aromatic rings. The minimum Gasteiger partial charge on any atom is -0.497 e. The van der Waals surface area contributed by atoms with Crippen LogP contribution in [0, 0.1) is 13.8 Å². The third-order valence-electron chi connectivity index (χ3n) is 5.83. The Morgan fingerprint density at radius 1 is 0.968 bits per heavy atom. The SMILES string of the molecule is CCC(C)NC(=O)C(CC)N(Cc1ccc(OC)cc1)C(=O)Cc1ccc(C)c(C)c1. The number of hydrogen-bond donors (Lipinski definition) is 1. The largest absolute Gasteiger partial charge is 0.497 e. The molecule has 2 amide bonds. The van der Waals surface area contributed by atoms with Crippen LogP contribution in [0.15, 0.2) is 42.5 Å². The van der Waals surface area contributed by atoms with Gasteiger partial charge in [0.25, 0.3) is 0 Å². The normalized spacial score (nSPS) is 12.7. The second-order valence-electron chi connectivity index (χ2n) is 8.21. The van der Waals surface area contributed by atoms with E-state index in [1.165, 1.54) is 5.56 Å². The fourth-order valence-electron chi connectivity index (χ4n) is 3.48. The fourth-order valence-corrected chi connectivity index (χ4v) is 3.48. The van der Waals surface area contributed by atoms with Crippen LogP contribution in [0.1, 0.15) is 55.9 Å². The van der Waals surface area contributed by atoms with Gasteiger partial charge in [0.2, 0.25) is 11.8 Å². The van der Waals surface area contributed by atoms with Crippen LogP contribution in [-0.4, -0.2) is 35.9 Å². The lowest BCUT2D eigenvalue weighted by Gasteiger charge is -2.31. The Morgan fingerprint density at radius 3 is 2.16 bits per heavy atom. The van der Waals surface area contributed by atoms with Crippen molar-refractivity contribution in [2.24, 2.45) is 0 Å². The molecule has 0 aliphatic heterocycles. The summed E-state index contributed by atoms with van der Waals surface area (Å²) in [4.78, 5) is 28.1. The first kappa shape index (κ1) is 24.4. The smallest absolute Gasteiger partial charge is 0.243 e. The van der Waals surface area contributed by atoms with Crippen molar-refractivity contribution in [1.29, 1.82) is 0 Å². The van der Waals surface area contributed by atoms with Crippen molar-refractivity contribution in [3.8, 4) is 5.75 Å². The van der Waals surface area contributed by atoms with Crippen molar-refractivity contribution in [3.05, 3.63) is 64.7 Å². The minimum atomic E-state index is -0.518. The number of hydrogen-bond acceptors (Lipinski definition) is 3. The van der Waals surface area contributed by atoms with Crippen LogP contribution in [0.4, 0.5) is 0 Å². The molecule has 0 fully saturated rings. The maximum atomic E-state index is 13.4. The molecular formula is C26H36N2O3.